The van der Waals surface area contributed by atoms with E-state index in [1.54, 1.807) is 12.0 Å². The smallest absolute Gasteiger partial charge is 0.314 e. The summed E-state index contributed by atoms with van der Waals surface area (Å²) in [5.74, 6) is 0. The molecule has 1 aliphatic heterocycles. The summed E-state index contributed by atoms with van der Waals surface area (Å²) < 4.78 is 5.16. The first-order chi connectivity index (χ1) is 8.65. The number of nitrogens with two attached hydrogens (primary N) is 1. The topological polar surface area (TPSA) is 67.6 Å². The summed E-state index contributed by atoms with van der Waals surface area (Å²) in [5, 5.41) is 3.66. The molecule has 0 atom stereocenters. The highest BCUT2D eigenvalue weighted by atomic mass is 16.5. The average molecular weight is 255 g/mol. The molecule has 18 heavy (non-hydrogen) atoms. The molecule has 0 aromatic heterocycles. The third kappa shape index (κ3) is 3.59. The first-order valence-electron chi connectivity index (χ1n) is 6.92. The summed E-state index contributed by atoms with van der Waals surface area (Å²) in [5.41, 5.74) is 5.77. The van der Waals surface area contributed by atoms with Gasteiger partial charge < -0.3 is 20.7 Å². The molecule has 2 fully saturated rings. The molecule has 5 heteroatoms. The van der Waals surface area contributed by atoms with Gasteiger partial charge in [-0.15, -0.1) is 0 Å². The molecule has 5 nitrogen and oxygen atoms in total. The molecule has 1 aliphatic carbocycles. The number of nitrogens with one attached hydrogen (secondary N) is 1. The zero-order valence-electron chi connectivity index (χ0n) is 11.3. The minimum atomic E-state index is -0.285. The fraction of sp³-hybridized carbons (Fsp3) is 0.923. The largest absolute Gasteiger partial charge is 0.385 e. The first kappa shape index (κ1) is 13.6. The van der Waals surface area contributed by atoms with E-state index >= 15 is 0 Å². The number of hydrogen-bond acceptors (Lipinski definition) is 3. The van der Waals surface area contributed by atoms with Crippen LogP contribution in [0.3, 0.4) is 0 Å². The van der Waals surface area contributed by atoms with Crippen molar-refractivity contribution in [3.63, 3.8) is 0 Å². The van der Waals surface area contributed by atoms with E-state index in [2.05, 4.69) is 5.32 Å². The van der Waals surface area contributed by atoms with Crippen molar-refractivity contribution in [1.29, 1.82) is 0 Å². The van der Waals surface area contributed by atoms with Gasteiger partial charge in [0.05, 0.1) is 0 Å². The third-order valence-corrected chi connectivity index (χ3v) is 4.37. The molecular weight excluding hydrogens is 230 g/mol. The van der Waals surface area contributed by atoms with Crippen LogP contribution in [0.15, 0.2) is 0 Å². The van der Waals surface area contributed by atoms with E-state index < -0.39 is 0 Å². The van der Waals surface area contributed by atoms with Gasteiger partial charge in [0.15, 0.2) is 0 Å². The van der Waals surface area contributed by atoms with Crippen molar-refractivity contribution >= 4 is 6.03 Å². The molecule has 0 spiro atoms. The number of carbonyl (C=O) groups excluding carboxylic acids is 1. The molecule has 0 aromatic rings. The number of urea groups is 1. The van der Waals surface area contributed by atoms with Crippen LogP contribution in [-0.2, 0) is 4.74 Å². The van der Waals surface area contributed by atoms with Gasteiger partial charge in [0.1, 0.15) is 0 Å². The number of ether oxygens (including phenoxy) is 1. The Morgan fingerprint density at radius 3 is 2.61 bits per heavy atom. The van der Waals surface area contributed by atoms with Crippen LogP contribution in [0.25, 0.3) is 0 Å². The Bertz CT molecular complexity index is 284. The standard InChI is InChI=1S/C13H25N3O2/c1-18-9-6-13(4-5-13)10-15-11-2-7-16(8-3-11)12(14)17/h11,15H,2-10H2,1H3,(H2,14,17). The molecule has 0 unspecified atom stereocenters. The van der Waals surface area contributed by atoms with Crippen molar-refractivity contribution in [2.75, 3.05) is 33.4 Å². The Morgan fingerprint density at radius 1 is 1.44 bits per heavy atom. The van der Waals surface area contributed by atoms with E-state index in [0.29, 0.717) is 11.5 Å². The fourth-order valence-electron chi connectivity index (χ4n) is 2.68. The predicted octanol–water partition coefficient (Wildman–Crippen LogP) is 0.936. The molecular formula is C13H25N3O2. The zero-order chi connectivity index (χ0) is 13.0. The summed E-state index contributed by atoms with van der Waals surface area (Å²) in [7, 11) is 1.77. The molecule has 1 saturated heterocycles. The summed E-state index contributed by atoms with van der Waals surface area (Å²) in [6.45, 7) is 3.54. The van der Waals surface area contributed by atoms with Crippen LogP contribution in [0.2, 0.25) is 0 Å². The van der Waals surface area contributed by atoms with Crippen LogP contribution in [0.4, 0.5) is 4.79 Å². The van der Waals surface area contributed by atoms with Crippen LogP contribution in [0.1, 0.15) is 32.1 Å². The molecule has 0 bridgehead atoms. The lowest BCUT2D eigenvalue weighted by molar-refractivity contribution is 0.164. The van der Waals surface area contributed by atoms with E-state index in [0.717, 1.165) is 45.5 Å². The summed E-state index contributed by atoms with van der Waals surface area (Å²) in [6, 6.07) is 0.257. The molecule has 0 aromatic carbocycles. The second-order valence-electron chi connectivity index (χ2n) is 5.72. The third-order valence-electron chi connectivity index (χ3n) is 4.37. The maximum Gasteiger partial charge on any atom is 0.314 e. The summed E-state index contributed by atoms with van der Waals surface area (Å²) >= 11 is 0. The predicted molar refractivity (Wildman–Crippen MR) is 70.3 cm³/mol. The van der Waals surface area contributed by atoms with Gasteiger partial charge in [-0.3, -0.25) is 0 Å². The van der Waals surface area contributed by atoms with Crippen LogP contribution >= 0.6 is 0 Å². The van der Waals surface area contributed by atoms with Gasteiger partial charge in [0.2, 0.25) is 0 Å². The Balaban J connectivity index is 1.65. The van der Waals surface area contributed by atoms with Crippen molar-refractivity contribution in [2.45, 2.75) is 38.1 Å². The molecule has 3 N–H and O–H groups in total. The molecule has 2 rings (SSSR count). The molecule has 1 saturated carbocycles. The molecule has 104 valence electrons. The maximum absolute atomic E-state index is 11.0. The fourth-order valence-corrected chi connectivity index (χ4v) is 2.68. The minimum absolute atomic E-state index is 0.285. The lowest BCUT2D eigenvalue weighted by Crippen LogP contribution is -2.47. The summed E-state index contributed by atoms with van der Waals surface area (Å²) in [4.78, 5) is 12.8. The number of carbonyl (C=O) groups is 1. The quantitative estimate of drug-likeness (QED) is 0.742. The van der Waals surface area contributed by atoms with Crippen molar-refractivity contribution in [3.05, 3.63) is 0 Å². The maximum atomic E-state index is 11.0. The van der Waals surface area contributed by atoms with Gasteiger partial charge in [-0.1, -0.05) is 0 Å². The SMILES string of the molecule is COCCC1(CNC2CCN(C(N)=O)CC2)CC1. The Labute approximate surface area is 109 Å². The van der Waals surface area contributed by atoms with Crippen LogP contribution in [-0.4, -0.2) is 50.3 Å². The average Bonchev–Trinajstić information content (AvgIpc) is 3.15. The Morgan fingerprint density at radius 2 is 2.11 bits per heavy atom. The first-order valence-corrected chi connectivity index (χ1v) is 6.92. The second kappa shape index (κ2) is 5.89. The van der Waals surface area contributed by atoms with Gasteiger partial charge >= 0.3 is 6.03 Å². The highest BCUT2D eigenvalue weighted by molar-refractivity contribution is 5.72. The zero-order valence-corrected chi connectivity index (χ0v) is 11.3. The molecule has 1 heterocycles. The highest BCUT2D eigenvalue weighted by Gasteiger charge is 2.42. The number of primary amides is 1. The van der Waals surface area contributed by atoms with Crippen LogP contribution in [0.5, 0.6) is 0 Å². The van der Waals surface area contributed by atoms with Crippen molar-refractivity contribution in [3.8, 4) is 0 Å². The van der Waals surface area contributed by atoms with E-state index in [9.17, 15) is 4.79 Å². The number of hydrogen-bond donors (Lipinski definition) is 2. The highest BCUT2D eigenvalue weighted by Crippen LogP contribution is 2.48. The number of rotatable bonds is 6. The molecule has 2 aliphatic rings. The van der Waals surface area contributed by atoms with Gasteiger partial charge in [-0.05, 0) is 37.5 Å². The number of likely N-dealkylation sites (tertiary alicyclic amines) is 1. The monoisotopic (exact) mass is 255 g/mol. The number of nitrogens with zero attached hydrogens (tertiary/aromatic N) is 1. The van der Waals surface area contributed by atoms with Crippen molar-refractivity contribution in [2.24, 2.45) is 11.1 Å². The van der Waals surface area contributed by atoms with E-state index in [-0.39, 0.29) is 6.03 Å². The van der Waals surface area contributed by atoms with Crippen LogP contribution < -0.4 is 11.1 Å². The second-order valence-corrected chi connectivity index (χ2v) is 5.72. The van der Waals surface area contributed by atoms with Crippen LogP contribution in [0, 0.1) is 5.41 Å². The Kier molecular flexibility index (Phi) is 4.45. The van der Waals surface area contributed by atoms with Gasteiger partial charge in [-0.2, -0.15) is 0 Å². The lowest BCUT2D eigenvalue weighted by atomic mass is 10.00. The molecule has 2 amide bonds. The van der Waals surface area contributed by atoms with Gasteiger partial charge in [0, 0.05) is 39.4 Å². The number of methoxy groups -OCH3 is 1. The Hall–Kier alpha value is -0.810. The van der Waals surface area contributed by atoms with E-state index in [1.807, 2.05) is 0 Å². The lowest BCUT2D eigenvalue weighted by Gasteiger charge is -2.32. The van der Waals surface area contributed by atoms with Gasteiger partial charge in [-0.25, -0.2) is 4.79 Å². The van der Waals surface area contributed by atoms with Crippen molar-refractivity contribution in [1.82, 2.24) is 10.2 Å². The number of piperidine rings is 1. The summed E-state index contributed by atoms with van der Waals surface area (Å²) in [6.07, 6.45) is 5.84. The minimum Gasteiger partial charge on any atom is -0.385 e. The normalized spacial score (nSPS) is 23.1. The number of amides is 2. The van der Waals surface area contributed by atoms with E-state index in [4.69, 9.17) is 10.5 Å². The van der Waals surface area contributed by atoms with Gasteiger partial charge in [0.25, 0.3) is 0 Å². The molecule has 0 radical (unpaired) electrons. The van der Waals surface area contributed by atoms with Crippen molar-refractivity contribution < 1.29 is 9.53 Å². The van der Waals surface area contributed by atoms with E-state index in [1.165, 1.54) is 12.8 Å².